The van der Waals surface area contributed by atoms with Crippen LogP contribution in [0.25, 0.3) is 0 Å². The molecule has 2 aromatic carbocycles. The summed E-state index contributed by atoms with van der Waals surface area (Å²) in [7, 11) is 3.10. The van der Waals surface area contributed by atoms with Crippen molar-refractivity contribution in [1.82, 2.24) is 0 Å². The van der Waals surface area contributed by atoms with Crippen LogP contribution in [0.2, 0.25) is 5.02 Å². The molecule has 0 atom stereocenters. The number of hydrogen-bond donors (Lipinski definition) is 1. The molecule has 0 bridgehead atoms. The number of carbonyl (C=O) groups is 1. The zero-order valence-electron chi connectivity index (χ0n) is 13.9. The topological polar surface area (TPSA) is 66.0 Å². The third-order valence-corrected chi connectivity index (χ3v) is 3.97. The van der Waals surface area contributed by atoms with Crippen LogP contribution in [0.1, 0.15) is 5.56 Å². The number of halogens is 1. The molecular formula is C18H18ClNO5. The van der Waals surface area contributed by atoms with Crippen LogP contribution >= 0.6 is 11.6 Å². The first kappa shape index (κ1) is 17.2. The van der Waals surface area contributed by atoms with Crippen LogP contribution < -0.4 is 24.3 Å². The second-order valence-electron chi connectivity index (χ2n) is 5.40. The summed E-state index contributed by atoms with van der Waals surface area (Å²) in [6.07, 6.45) is 0.157. The van der Waals surface area contributed by atoms with Crippen LogP contribution in [0.15, 0.2) is 30.3 Å². The molecule has 0 saturated carbocycles. The van der Waals surface area contributed by atoms with Gasteiger partial charge in [0.2, 0.25) is 5.91 Å². The van der Waals surface area contributed by atoms with E-state index in [4.69, 9.17) is 30.5 Å². The average Bonchev–Trinajstić information content (AvgIpc) is 2.61. The molecule has 1 aliphatic rings. The third-order valence-electron chi connectivity index (χ3n) is 3.69. The maximum atomic E-state index is 12.3. The van der Waals surface area contributed by atoms with Crippen molar-refractivity contribution in [3.05, 3.63) is 40.9 Å². The number of anilines is 1. The van der Waals surface area contributed by atoms with Gasteiger partial charge < -0.3 is 24.3 Å². The molecule has 1 heterocycles. The Bertz CT molecular complexity index is 793. The molecule has 0 fully saturated rings. The molecule has 0 saturated heterocycles. The molecule has 0 aliphatic carbocycles. The minimum atomic E-state index is -0.181. The van der Waals surface area contributed by atoms with Gasteiger partial charge in [-0.05, 0) is 29.8 Å². The van der Waals surface area contributed by atoms with Gasteiger partial charge in [0.25, 0.3) is 0 Å². The first-order valence-electron chi connectivity index (χ1n) is 7.70. The van der Waals surface area contributed by atoms with E-state index in [0.29, 0.717) is 46.9 Å². The lowest BCUT2D eigenvalue weighted by Crippen LogP contribution is -2.17. The van der Waals surface area contributed by atoms with Crippen LogP contribution in [-0.2, 0) is 11.2 Å². The predicted molar refractivity (Wildman–Crippen MR) is 94.3 cm³/mol. The van der Waals surface area contributed by atoms with Gasteiger partial charge >= 0.3 is 0 Å². The molecular weight excluding hydrogens is 346 g/mol. The average molecular weight is 364 g/mol. The highest BCUT2D eigenvalue weighted by Gasteiger charge is 2.18. The first-order chi connectivity index (χ1) is 12.1. The number of amides is 1. The van der Waals surface area contributed by atoms with Gasteiger partial charge in [-0.2, -0.15) is 0 Å². The first-order valence-corrected chi connectivity index (χ1v) is 8.08. The molecule has 7 heteroatoms. The maximum absolute atomic E-state index is 12.3. The number of hydrogen-bond acceptors (Lipinski definition) is 5. The van der Waals surface area contributed by atoms with Crippen molar-refractivity contribution in [3.8, 4) is 23.0 Å². The zero-order valence-corrected chi connectivity index (χ0v) is 14.7. The number of rotatable bonds is 5. The second-order valence-corrected chi connectivity index (χ2v) is 5.80. The Balaban J connectivity index is 1.72. The van der Waals surface area contributed by atoms with E-state index in [9.17, 15) is 4.79 Å². The smallest absolute Gasteiger partial charge is 0.228 e. The SMILES string of the molecule is COc1ccc(NC(=O)Cc2cc(Cl)c3c(c2)OCCO3)cc1OC. The van der Waals surface area contributed by atoms with Gasteiger partial charge in [0.05, 0.1) is 25.7 Å². The van der Waals surface area contributed by atoms with Crippen LogP contribution in [0, 0.1) is 0 Å². The molecule has 0 aromatic heterocycles. The lowest BCUT2D eigenvalue weighted by Gasteiger charge is -2.20. The minimum Gasteiger partial charge on any atom is -0.493 e. The van der Waals surface area contributed by atoms with Crippen molar-refractivity contribution >= 4 is 23.2 Å². The Kier molecular flexibility index (Phi) is 5.19. The Labute approximate surface area is 150 Å². The molecule has 6 nitrogen and oxygen atoms in total. The molecule has 1 amide bonds. The molecule has 1 aliphatic heterocycles. The van der Waals surface area contributed by atoms with E-state index in [1.807, 2.05) is 0 Å². The van der Waals surface area contributed by atoms with E-state index in [1.54, 1.807) is 44.6 Å². The van der Waals surface area contributed by atoms with Crippen LogP contribution in [-0.4, -0.2) is 33.3 Å². The highest BCUT2D eigenvalue weighted by Crippen LogP contribution is 2.38. The molecule has 2 aromatic rings. The predicted octanol–water partition coefficient (Wildman–Crippen LogP) is 3.31. The Hall–Kier alpha value is -2.60. The summed E-state index contributed by atoms with van der Waals surface area (Å²) in [5.74, 6) is 2.05. The van der Waals surface area contributed by atoms with Gasteiger partial charge in [0.15, 0.2) is 23.0 Å². The maximum Gasteiger partial charge on any atom is 0.228 e. The van der Waals surface area contributed by atoms with E-state index >= 15 is 0 Å². The number of ether oxygens (including phenoxy) is 4. The summed E-state index contributed by atoms with van der Waals surface area (Å²) in [6.45, 7) is 0.927. The fraction of sp³-hybridized carbons (Fsp3) is 0.278. The van der Waals surface area contributed by atoms with Gasteiger partial charge in [-0.15, -0.1) is 0 Å². The van der Waals surface area contributed by atoms with Gasteiger partial charge in [0, 0.05) is 11.8 Å². The summed E-state index contributed by atoms with van der Waals surface area (Å²) < 4.78 is 21.4. The van der Waals surface area contributed by atoms with Crippen molar-refractivity contribution in [2.75, 3.05) is 32.8 Å². The van der Waals surface area contributed by atoms with Crippen LogP contribution in [0.3, 0.4) is 0 Å². The molecule has 1 N–H and O–H groups in total. The highest BCUT2D eigenvalue weighted by molar-refractivity contribution is 6.32. The quantitative estimate of drug-likeness (QED) is 0.882. The molecule has 0 spiro atoms. The van der Waals surface area contributed by atoms with Gasteiger partial charge in [-0.25, -0.2) is 0 Å². The Morgan fingerprint density at radius 1 is 1.12 bits per heavy atom. The monoisotopic (exact) mass is 363 g/mol. The summed E-state index contributed by atoms with van der Waals surface area (Å²) in [6, 6.07) is 8.66. The zero-order chi connectivity index (χ0) is 17.8. The molecule has 3 rings (SSSR count). The van der Waals surface area contributed by atoms with Crippen molar-refractivity contribution in [2.24, 2.45) is 0 Å². The number of fused-ring (bicyclic) bond motifs is 1. The molecule has 132 valence electrons. The van der Waals surface area contributed by atoms with E-state index in [2.05, 4.69) is 5.32 Å². The number of methoxy groups -OCH3 is 2. The standard InChI is InChI=1S/C18H18ClNO5/c1-22-14-4-3-12(10-15(14)23-2)20-17(21)9-11-7-13(19)18-16(8-11)24-5-6-25-18/h3-4,7-8,10H,5-6,9H2,1-2H3,(H,20,21). The van der Waals surface area contributed by atoms with Gasteiger partial charge in [0.1, 0.15) is 13.2 Å². The number of nitrogens with one attached hydrogen (secondary N) is 1. The van der Waals surface area contributed by atoms with Crippen molar-refractivity contribution in [3.63, 3.8) is 0 Å². The third kappa shape index (κ3) is 3.91. The molecule has 0 radical (unpaired) electrons. The second kappa shape index (κ2) is 7.53. The largest absolute Gasteiger partial charge is 0.493 e. The van der Waals surface area contributed by atoms with Gasteiger partial charge in [-0.3, -0.25) is 4.79 Å². The van der Waals surface area contributed by atoms with Crippen LogP contribution in [0.5, 0.6) is 23.0 Å². The van der Waals surface area contributed by atoms with E-state index in [0.717, 1.165) is 5.56 Å². The fourth-order valence-corrected chi connectivity index (χ4v) is 2.86. The summed E-state index contributed by atoms with van der Waals surface area (Å²) in [5, 5.41) is 3.26. The Morgan fingerprint density at radius 3 is 2.64 bits per heavy atom. The van der Waals surface area contributed by atoms with Crippen LogP contribution in [0.4, 0.5) is 5.69 Å². The summed E-state index contributed by atoms with van der Waals surface area (Å²) in [5.41, 5.74) is 1.36. The highest BCUT2D eigenvalue weighted by atomic mass is 35.5. The van der Waals surface area contributed by atoms with E-state index in [1.165, 1.54) is 0 Å². The molecule has 25 heavy (non-hydrogen) atoms. The van der Waals surface area contributed by atoms with E-state index < -0.39 is 0 Å². The lowest BCUT2D eigenvalue weighted by molar-refractivity contribution is -0.115. The van der Waals surface area contributed by atoms with Crippen molar-refractivity contribution < 1.29 is 23.7 Å². The van der Waals surface area contributed by atoms with E-state index in [-0.39, 0.29) is 12.3 Å². The normalized spacial score (nSPS) is 12.4. The Morgan fingerprint density at radius 2 is 1.88 bits per heavy atom. The minimum absolute atomic E-state index is 0.157. The number of carbonyl (C=O) groups excluding carboxylic acids is 1. The lowest BCUT2D eigenvalue weighted by atomic mass is 10.1. The van der Waals surface area contributed by atoms with Crippen molar-refractivity contribution in [1.29, 1.82) is 0 Å². The summed E-state index contributed by atoms with van der Waals surface area (Å²) in [4.78, 5) is 12.3. The number of benzene rings is 2. The fourth-order valence-electron chi connectivity index (χ4n) is 2.57. The van der Waals surface area contributed by atoms with Gasteiger partial charge in [-0.1, -0.05) is 11.6 Å². The molecule has 0 unspecified atom stereocenters. The van der Waals surface area contributed by atoms with Crippen molar-refractivity contribution in [2.45, 2.75) is 6.42 Å². The summed E-state index contributed by atoms with van der Waals surface area (Å²) >= 11 is 6.20.